The molecule has 1 heterocycles. The van der Waals surface area contributed by atoms with Gasteiger partial charge in [0.1, 0.15) is 5.15 Å². The highest BCUT2D eigenvalue weighted by atomic mass is 35.5. The third-order valence-electron chi connectivity index (χ3n) is 4.18. The van der Waals surface area contributed by atoms with E-state index in [0.29, 0.717) is 35.9 Å². The Hall–Kier alpha value is -2.34. The van der Waals surface area contributed by atoms with Crippen LogP contribution in [0.3, 0.4) is 0 Å². The maximum atomic E-state index is 12.7. The molecule has 140 valence electrons. The first-order chi connectivity index (χ1) is 12.3. The van der Waals surface area contributed by atoms with Crippen LogP contribution in [0.1, 0.15) is 40.0 Å². The molecule has 0 saturated carbocycles. The van der Waals surface area contributed by atoms with E-state index in [1.165, 1.54) is 12.7 Å². The number of halogens is 1. The second-order valence-electron chi connectivity index (χ2n) is 6.30. The molecule has 0 spiro atoms. The van der Waals surface area contributed by atoms with Crippen molar-refractivity contribution < 1.29 is 14.3 Å². The minimum absolute atomic E-state index is 0.201. The number of hydrogen-bond donors (Lipinski definition) is 0. The van der Waals surface area contributed by atoms with Crippen molar-refractivity contribution in [3.63, 3.8) is 0 Å². The van der Waals surface area contributed by atoms with Gasteiger partial charge in [0.15, 0.2) is 0 Å². The molecule has 0 bridgehead atoms. The number of amides is 1. The van der Waals surface area contributed by atoms with Gasteiger partial charge in [0.25, 0.3) is 5.91 Å². The third-order valence-corrected chi connectivity index (χ3v) is 4.57. The van der Waals surface area contributed by atoms with Crippen LogP contribution in [-0.4, -0.2) is 47.3 Å². The summed E-state index contributed by atoms with van der Waals surface area (Å²) >= 11 is 6.44. The Balaban J connectivity index is 2.09. The third kappa shape index (κ3) is 4.85. The van der Waals surface area contributed by atoms with Gasteiger partial charge in [-0.1, -0.05) is 41.4 Å². The van der Waals surface area contributed by atoms with E-state index in [1.54, 1.807) is 23.6 Å². The summed E-state index contributed by atoms with van der Waals surface area (Å²) in [5.74, 6) is -0.487. The summed E-state index contributed by atoms with van der Waals surface area (Å²) < 4.78 is 6.24. The molecule has 0 saturated heterocycles. The molecule has 0 fully saturated rings. The van der Waals surface area contributed by atoms with Crippen LogP contribution in [0.4, 0.5) is 0 Å². The SMILES string of the molecule is COC(=O)CCCN(C)C(=O)c1c(C)nn(Cc2ccc(C)cc2)c1Cl. The van der Waals surface area contributed by atoms with Crippen molar-refractivity contribution >= 4 is 23.5 Å². The van der Waals surface area contributed by atoms with Gasteiger partial charge in [-0.05, 0) is 25.8 Å². The zero-order chi connectivity index (χ0) is 19.3. The molecular formula is C19H24ClN3O3. The Morgan fingerprint density at radius 3 is 2.50 bits per heavy atom. The summed E-state index contributed by atoms with van der Waals surface area (Å²) in [5, 5.41) is 4.74. The van der Waals surface area contributed by atoms with Gasteiger partial charge in [-0.2, -0.15) is 5.10 Å². The Morgan fingerprint density at radius 2 is 1.88 bits per heavy atom. The van der Waals surface area contributed by atoms with Crippen molar-refractivity contribution in [2.24, 2.45) is 0 Å². The highest BCUT2D eigenvalue weighted by molar-refractivity contribution is 6.33. The van der Waals surface area contributed by atoms with Gasteiger partial charge in [-0.3, -0.25) is 9.59 Å². The fraction of sp³-hybridized carbons (Fsp3) is 0.421. The largest absolute Gasteiger partial charge is 0.469 e. The van der Waals surface area contributed by atoms with Gasteiger partial charge < -0.3 is 9.64 Å². The van der Waals surface area contributed by atoms with Crippen LogP contribution in [0.25, 0.3) is 0 Å². The molecule has 0 radical (unpaired) electrons. The summed E-state index contributed by atoms with van der Waals surface area (Å²) in [5.41, 5.74) is 3.23. The molecule has 0 aliphatic carbocycles. The number of hydrogen-bond acceptors (Lipinski definition) is 4. The summed E-state index contributed by atoms with van der Waals surface area (Å²) in [7, 11) is 3.04. The van der Waals surface area contributed by atoms with Crippen molar-refractivity contribution in [3.05, 3.63) is 51.8 Å². The first-order valence-electron chi connectivity index (χ1n) is 8.44. The van der Waals surface area contributed by atoms with Crippen molar-refractivity contribution in [2.45, 2.75) is 33.2 Å². The number of carbonyl (C=O) groups excluding carboxylic acids is 2. The number of aryl methyl sites for hydroxylation is 2. The van der Waals surface area contributed by atoms with Gasteiger partial charge in [0.2, 0.25) is 0 Å². The zero-order valence-electron chi connectivity index (χ0n) is 15.6. The summed E-state index contributed by atoms with van der Waals surface area (Å²) in [6.45, 7) is 4.74. The van der Waals surface area contributed by atoms with E-state index in [9.17, 15) is 9.59 Å². The van der Waals surface area contributed by atoms with Crippen molar-refractivity contribution in [2.75, 3.05) is 20.7 Å². The Kier molecular flexibility index (Phi) is 6.80. The van der Waals surface area contributed by atoms with E-state index >= 15 is 0 Å². The molecule has 0 aliphatic heterocycles. The second-order valence-corrected chi connectivity index (χ2v) is 6.66. The molecule has 6 nitrogen and oxygen atoms in total. The van der Waals surface area contributed by atoms with Crippen molar-refractivity contribution in [3.8, 4) is 0 Å². The van der Waals surface area contributed by atoms with Crippen molar-refractivity contribution in [1.29, 1.82) is 0 Å². The molecule has 2 aromatic rings. The molecule has 7 heteroatoms. The monoisotopic (exact) mass is 377 g/mol. The quantitative estimate of drug-likeness (QED) is 0.695. The lowest BCUT2D eigenvalue weighted by Gasteiger charge is -2.16. The average molecular weight is 378 g/mol. The van der Waals surface area contributed by atoms with Gasteiger partial charge in [-0.25, -0.2) is 4.68 Å². The maximum Gasteiger partial charge on any atom is 0.305 e. The molecule has 0 aliphatic rings. The van der Waals surface area contributed by atoms with E-state index in [2.05, 4.69) is 9.84 Å². The lowest BCUT2D eigenvalue weighted by Crippen LogP contribution is -2.28. The lowest BCUT2D eigenvalue weighted by atomic mass is 10.1. The number of methoxy groups -OCH3 is 1. The number of rotatable bonds is 7. The highest BCUT2D eigenvalue weighted by Crippen LogP contribution is 2.22. The van der Waals surface area contributed by atoms with E-state index in [1.807, 2.05) is 31.2 Å². The Morgan fingerprint density at radius 1 is 1.23 bits per heavy atom. The summed E-state index contributed by atoms with van der Waals surface area (Å²) in [4.78, 5) is 25.4. The van der Waals surface area contributed by atoms with Crippen LogP contribution in [-0.2, 0) is 16.1 Å². The number of nitrogens with zero attached hydrogens (tertiary/aromatic N) is 3. The fourth-order valence-electron chi connectivity index (χ4n) is 2.62. The van der Waals surface area contributed by atoms with Crippen LogP contribution < -0.4 is 0 Å². The maximum absolute atomic E-state index is 12.7. The minimum atomic E-state index is -0.286. The van der Waals surface area contributed by atoms with Gasteiger partial charge in [-0.15, -0.1) is 0 Å². The predicted molar refractivity (Wildman–Crippen MR) is 100 cm³/mol. The average Bonchev–Trinajstić information content (AvgIpc) is 2.89. The first-order valence-corrected chi connectivity index (χ1v) is 8.82. The van der Waals surface area contributed by atoms with Crippen LogP contribution in [0, 0.1) is 13.8 Å². The van der Waals surface area contributed by atoms with E-state index < -0.39 is 0 Å². The zero-order valence-corrected chi connectivity index (χ0v) is 16.3. The summed E-state index contributed by atoms with van der Waals surface area (Å²) in [6.07, 6.45) is 0.802. The number of aromatic nitrogens is 2. The molecule has 0 atom stereocenters. The fourth-order valence-corrected chi connectivity index (χ4v) is 2.94. The molecule has 0 N–H and O–H groups in total. The second kappa shape index (κ2) is 8.85. The van der Waals surface area contributed by atoms with Crippen LogP contribution >= 0.6 is 11.6 Å². The van der Waals surface area contributed by atoms with Gasteiger partial charge in [0, 0.05) is 20.0 Å². The highest BCUT2D eigenvalue weighted by Gasteiger charge is 2.23. The summed E-state index contributed by atoms with van der Waals surface area (Å²) in [6, 6.07) is 8.09. The molecule has 0 unspecified atom stereocenters. The van der Waals surface area contributed by atoms with Gasteiger partial charge in [0.05, 0.1) is 24.9 Å². The molecule has 1 aromatic heterocycles. The van der Waals surface area contributed by atoms with Crippen LogP contribution in [0.5, 0.6) is 0 Å². The molecule has 1 aromatic carbocycles. The van der Waals surface area contributed by atoms with E-state index in [0.717, 1.165) is 5.56 Å². The number of esters is 1. The smallest absolute Gasteiger partial charge is 0.305 e. The molecule has 2 rings (SSSR count). The number of benzene rings is 1. The van der Waals surface area contributed by atoms with E-state index in [-0.39, 0.29) is 18.3 Å². The molecule has 26 heavy (non-hydrogen) atoms. The number of ether oxygens (including phenoxy) is 1. The topological polar surface area (TPSA) is 64.4 Å². The molecule has 1 amide bonds. The van der Waals surface area contributed by atoms with Gasteiger partial charge >= 0.3 is 5.97 Å². The van der Waals surface area contributed by atoms with E-state index in [4.69, 9.17) is 11.6 Å². The first kappa shape index (κ1) is 20.0. The Labute approximate surface area is 158 Å². The van der Waals surface area contributed by atoms with Crippen LogP contribution in [0.2, 0.25) is 5.15 Å². The normalized spacial score (nSPS) is 10.7. The lowest BCUT2D eigenvalue weighted by molar-refractivity contribution is -0.140. The predicted octanol–water partition coefficient (Wildman–Crippen LogP) is 3.23. The number of carbonyl (C=O) groups is 2. The van der Waals surface area contributed by atoms with Crippen LogP contribution in [0.15, 0.2) is 24.3 Å². The Bertz CT molecular complexity index is 784. The van der Waals surface area contributed by atoms with Crippen molar-refractivity contribution in [1.82, 2.24) is 14.7 Å². The molecular weight excluding hydrogens is 354 g/mol. The minimum Gasteiger partial charge on any atom is -0.469 e. The standard InChI is InChI=1S/C19H24ClN3O3/c1-13-7-9-15(10-8-13)12-23-18(20)17(14(2)21-23)19(25)22(3)11-5-6-16(24)26-4/h7-10H,5-6,11-12H2,1-4H3.